The van der Waals surface area contributed by atoms with Crippen LogP contribution >= 0.6 is 23.2 Å². The van der Waals surface area contributed by atoms with E-state index in [2.05, 4.69) is 5.32 Å². The number of amides is 2. The van der Waals surface area contributed by atoms with Crippen molar-refractivity contribution in [3.63, 3.8) is 0 Å². The van der Waals surface area contributed by atoms with Crippen LogP contribution in [0.15, 0.2) is 72.8 Å². The average Bonchev–Trinajstić information content (AvgIpc) is 3.36. The fraction of sp³-hybridized carbons (Fsp3) is 0.222. The van der Waals surface area contributed by atoms with Gasteiger partial charge in [0.1, 0.15) is 24.5 Å². The van der Waals surface area contributed by atoms with Gasteiger partial charge in [-0.2, -0.15) is 0 Å². The molecule has 3 aromatic rings. The Morgan fingerprint density at radius 1 is 0.947 bits per heavy atom. The topological polar surface area (TPSA) is 137 Å². The number of halogens is 2. The predicted molar refractivity (Wildman–Crippen MR) is 139 cm³/mol. The summed E-state index contributed by atoms with van der Waals surface area (Å²) < 4.78 is 16.7. The van der Waals surface area contributed by atoms with E-state index in [0.29, 0.717) is 32.5 Å². The summed E-state index contributed by atoms with van der Waals surface area (Å²) in [6, 6.07) is 19.3. The second kappa shape index (κ2) is 12.3. The van der Waals surface area contributed by atoms with Crippen LogP contribution in [0, 0.1) is 0 Å². The molecule has 1 unspecified atom stereocenters. The van der Waals surface area contributed by atoms with Crippen molar-refractivity contribution in [3.8, 4) is 5.75 Å². The number of nitrogens with one attached hydrogen (secondary N) is 1. The predicted octanol–water partition coefficient (Wildman–Crippen LogP) is 3.65. The molecule has 4 atom stereocenters. The highest BCUT2D eigenvalue weighted by molar-refractivity contribution is 6.35. The number of nitrogens with two attached hydrogens (primary N) is 1. The molecule has 9 nitrogen and oxygen atoms in total. The molecule has 0 aliphatic carbocycles. The summed E-state index contributed by atoms with van der Waals surface area (Å²) in [4.78, 5) is 36.6. The van der Waals surface area contributed by atoms with Crippen LogP contribution in [0.4, 0.5) is 0 Å². The van der Waals surface area contributed by atoms with Gasteiger partial charge in [-0.3, -0.25) is 9.59 Å². The van der Waals surface area contributed by atoms with Crippen LogP contribution in [0.5, 0.6) is 5.75 Å². The first-order chi connectivity index (χ1) is 18.2. The zero-order valence-corrected chi connectivity index (χ0v) is 21.4. The van der Waals surface area contributed by atoms with E-state index >= 15 is 0 Å². The Balaban J connectivity index is 1.41. The molecule has 4 rings (SSSR count). The minimum Gasteiger partial charge on any atom is -0.489 e. The van der Waals surface area contributed by atoms with Gasteiger partial charge in [0.2, 0.25) is 6.29 Å². The number of carbonyl (C=O) groups is 3. The molecule has 38 heavy (non-hydrogen) atoms. The van der Waals surface area contributed by atoms with Crippen molar-refractivity contribution >= 4 is 41.0 Å². The van der Waals surface area contributed by atoms with E-state index in [4.69, 9.17) is 43.1 Å². The van der Waals surface area contributed by atoms with Crippen LogP contribution in [0.1, 0.15) is 22.8 Å². The van der Waals surface area contributed by atoms with E-state index < -0.39 is 42.3 Å². The van der Waals surface area contributed by atoms with Gasteiger partial charge >= 0.3 is 5.97 Å². The first kappa shape index (κ1) is 27.4. The standard InChI is InChI=1S/C27H24Cl2N2O7/c28-19-7-4-8-20(29)18(19)14-36-17-11-9-15(10-12-17)13-21(26(34)35)31-25(33)23-22(16-5-2-1-3-6-16)37-27(38-23)24(30)32/h1-12,21-23,27H,13-14H2,(H2,30,32)(H,31,33)(H,34,35)/t21-,22+,23+,27?/m0/s1. The highest BCUT2D eigenvalue weighted by Crippen LogP contribution is 2.33. The molecule has 1 saturated heterocycles. The van der Waals surface area contributed by atoms with E-state index in [1.54, 1.807) is 72.8 Å². The van der Waals surface area contributed by atoms with Crippen LogP contribution in [0.2, 0.25) is 10.0 Å². The van der Waals surface area contributed by atoms with Crippen molar-refractivity contribution in [2.24, 2.45) is 5.73 Å². The SMILES string of the molecule is NC(=O)C1O[C@H](c2ccccc2)[C@H](C(=O)N[C@@H](Cc2ccc(OCc3c(Cl)cccc3Cl)cc2)C(=O)O)O1. The van der Waals surface area contributed by atoms with Gasteiger partial charge in [-0.15, -0.1) is 0 Å². The Bertz CT molecular complexity index is 1280. The van der Waals surface area contributed by atoms with Gasteiger partial charge in [0.15, 0.2) is 6.10 Å². The zero-order chi connectivity index (χ0) is 27.2. The van der Waals surface area contributed by atoms with Gasteiger partial charge in [-0.25, -0.2) is 4.79 Å². The van der Waals surface area contributed by atoms with Gasteiger partial charge in [0, 0.05) is 22.0 Å². The lowest BCUT2D eigenvalue weighted by molar-refractivity contribution is -0.151. The van der Waals surface area contributed by atoms with Crippen molar-refractivity contribution in [3.05, 3.63) is 99.5 Å². The molecule has 0 bridgehead atoms. The second-order valence-corrected chi connectivity index (χ2v) is 9.31. The minimum absolute atomic E-state index is 0.0134. The lowest BCUT2D eigenvalue weighted by Crippen LogP contribution is -2.48. The monoisotopic (exact) mass is 558 g/mol. The third kappa shape index (κ3) is 6.62. The van der Waals surface area contributed by atoms with Crippen molar-refractivity contribution < 1.29 is 33.7 Å². The van der Waals surface area contributed by atoms with E-state index in [1.807, 2.05) is 0 Å². The minimum atomic E-state index is -1.44. The third-order valence-electron chi connectivity index (χ3n) is 5.86. The summed E-state index contributed by atoms with van der Waals surface area (Å²) in [5, 5.41) is 13.2. The number of hydrogen-bond donors (Lipinski definition) is 3. The highest BCUT2D eigenvalue weighted by Gasteiger charge is 2.44. The number of carboxylic acids is 1. The van der Waals surface area contributed by atoms with Crippen LogP contribution in [0.25, 0.3) is 0 Å². The van der Waals surface area contributed by atoms with Crippen molar-refractivity contribution in [1.29, 1.82) is 0 Å². The van der Waals surface area contributed by atoms with Gasteiger partial charge in [-0.05, 0) is 35.4 Å². The van der Waals surface area contributed by atoms with E-state index in [-0.39, 0.29) is 13.0 Å². The average molecular weight is 559 g/mol. The number of ether oxygens (including phenoxy) is 3. The number of rotatable bonds is 10. The third-order valence-corrected chi connectivity index (χ3v) is 6.57. The van der Waals surface area contributed by atoms with Crippen molar-refractivity contribution in [2.45, 2.75) is 37.6 Å². The molecular formula is C27H24Cl2N2O7. The second-order valence-electron chi connectivity index (χ2n) is 8.49. The number of carbonyl (C=O) groups excluding carboxylic acids is 2. The lowest BCUT2D eigenvalue weighted by atomic mass is 10.0. The molecule has 0 saturated carbocycles. The molecule has 0 spiro atoms. The number of aliphatic carboxylic acids is 1. The lowest BCUT2D eigenvalue weighted by Gasteiger charge is -2.20. The largest absolute Gasteiger partial charge is 0.489 e. The summed E-state index contributed by atoms with van der Waals surface area (Å²) in [6.07, 6.45) is -3.66. The van der Waals surface area contributed by atoms with Gasteiger partial charge in [-0.1, -0.05) is 71.7 Å². The molecule has 4 N–H and O–H groups in total. The Labute approximate surface area is 228 Å². The van der Waals surface area contributed by atoms with Gasteiger partial charge in [0.05, 0.1) is 0 Å². The fourth-order valence-electron chi connectivity index (χ4n) is 3.91. The van der Waals surface area contributed by atoms with Crippen molar-refractivity contribution in [1.82, 2.24) is 5.32 Å². The molecule has 2 amide bonds. The van der Waals surface area contributed by atoms with Gasteiger partial charge in [0.25, 0.3) is 11.8 Å². The number of benzene rings is 3. The number of hydrogen-bond acceptors (Lipinski definition) is 6. The zero-order valence-electron chi connectivity index (χ0n) is 19.9. The normalized spacial score (nSPS) is 19.5. The van der Waals surface area contributed by atoms with Crippen molar-refractivity contribution in [2.75, 3.05) is 0 Å². The molecule has 1 heterocycles. The summed E-state index contributed by atoms with van der Waals surface area (Å²) in [5.74, 6) is -2.35. The summed E-state index contributed by atoms with van der Waals surface area (Å²) >= 11 is 12.3. The molecule has 198 valence electrons. The Morgan fingerprint density at radius 2 is 1.61 bits per heavy atom. The van der Waals surface area contributed by atoms with Crippen LogP contribution in [0.3, 0.4) is 0 Å². The Hall–Kier alpha value is -3.63. The van der Waals surface area contributed by atoms with Crippen LogP contribution in [-0.4, -0.2) is 41.3 Å². The maximum absolute atomic E-state index is 13.1. The van der Waals surface area contributed by atoms with E-state index in [1.165, 1.54) is 0 Å². The molecule has 1 aliphatic heterocycles. The van der Waals surface area contributed by atoms with E-state index in [9.17, 15) is 19.5 Å². The van der Waals surface area contributed by atoms with Crippen LogP contribution < -0.4 is 15.8 Å². The maximum Gasteiger partial charge on any atom is 0.326 e. The quantitative estimate of drug-likeness (QED) is 0.345. The summed E-state index contributed by atoms with van der Waals surface area (Å²) in [7, 11) is 0. The summed E-state index contributed by atoms with van der Waals surface area (Å²) in [6.45, 7) is 0.157. The molecule has 11 heteroatoms. The van der Waals surface area contributed by atoms with Gasteiger partial charge < -0.3 is 30.4 Å². The Morgan fingerprint density at radius 3 is 2.21 bits per heavy atom. The summed E-state index contributed by atoms with van der Waals surface area (Å²) in [5.41, 5.74) is 7.17. The highest BCUT2D eigenvalue weighted by atomic mass is 35.5. The Kier molecular flexibility index (Phi) is 8.85. The number of carboxylic acid groups (broad SMARTS) is 1. The maximum atomic E-state index is 13.1. The smallest absolute Gasteiger partial charge is 0.326 e. The number of primary amides is 1. The molecular weight excluding hydrogens is 535 g/mol. The molecule has 0 aromatic heterocycles. The van der Waals surface area contributed by atoms with Crippen LogP contribution in [-0.2, 0) is 36.9 Å². The first-order valence-corrected chi connectivity index (χ1v) is 12.3. The molecule has 1 fully saturated rings. The molecule has 3 aromatic carbocycles. The molecule has 1 aliphatic rings. The first-order valence-electron chi connectivity index (χ1n) is 11.6. The molecule has 0 radical (unpaired) electrons. The van der Waals surface area contributed by atoms with E-state index in [0.717, 1.165) is 0 Å². The fourth-order valence-corrected chi connectivity index (χ4v) is 4.41.